The fourth-order valence-electron chi connectivity index (χ4n) is 11.0. The first kappa shape index (κ1) is 35.5. The van der Waals surface area contributed by atoms with Crippen molar-refractivity contribution in [3.8, 4) is 44.8 Å². The second kappa shape index (κ2) is 13.9. The fraction of sp³-hybridized carbons (Fsp3) is 0.0164. The molecule has 2 heterocycles. The lowest BCUT2D eigenvalue weighted by atomic mass is 9.67. The first-order valence-corrected chi connectivity index (χ1v) is 21.9. The number of benzene rings is 10. The van der Waals surface area contributed by atoms with Gasteiger partial charge in [0.15, 0.2) is 0 Å². The van der Waals surface area contributed by atoms with Gasteiger partial charge in [0.25, 0.3) is 0 Å². The molecule has 0 unspecified atom stereocenters. The average Bonchev–Trinajstić information content (AvgIpc) is 3.98. The van der Waals surface area contributed by atoms with Crippen LogP contribution in [0.25, 0.3) is 88.4 Å². The molecule has 0 bridgehead atoms. The van der Waals surface area contributed by atoms with E-state index in [0.29, 0.717) is 0 Å². The Morgan fingerprint density at radius 1 is 0.270 bits per heavy atom. The summed E-state index contributed by atoms with van der Waals surface area (Å²) in [6.45, 7) is 0. The Morgan fingerprint density at radius 2 is 0.714 bits per heavy atom. The molecule has 2 aromatic heterocycles. The summed E-state index contributed by atoms with van der Waals surface area (Å²) in [4.78, 5) is 0. The van der Waals surface area contributed by atoms with E-state index < -0.39 is 5.41 Å². The minimum Gasteiger partial charge on any atom is -0.309 e. The molecule has 294 valence electrons. The molecule has 63 heavy (non-hydrogen) atoms. The van der Waals surface area contributed by atoms with E-state index in [-0.39, 0.29) is 0 Å². The van der Waals surface area contributed by atoms with E-state index in [2.05, 4.69) is 252 Å². The molecule has 0 saturated heterocycles. The van der Waals surface area contributed by atoms with Crippen molar-refractivity contribution in [1.29, 1.82) is 0 Å². The number of rotatable bonds is 6. The molecule has 0 atom stereocenters. The maximum Gasteiger partial charge on any atom is 0.0713 e. The van der Waals surface area contributed by atoms with Crippen molar-refractivity contribution >= 4 is 43.6 Å². The molecule has 10 aromatic carbocycles. The smallest absolute Gasteiger partial charge is 0.0713 e. The predicted octanol–water partition coefficient (Wildman–Crippen LogP) is 15.6. The number of hydrogen-bond acceptors (Lipinski definition) is 0. The van der Waals surface area contributed by atoms with Gasteiger partial charge in [0.2, 0.25) is 0 Å². The number of aromatic nitrogens is 2. The van der Waals surface area contributed by atoms with Crippen molar-refractivity contribution in [3.63, 3.8) is 0 Å². The summed E-state index contributed by atoms with van der Waals surface area (Å²) >= 11 is 0. The van der Waals surface area contributed by atoms with E-state index in [1.165, 1.54) is 105 Å². The van der Waals surface area contributed by atoms with Crippen LogP contribution in [0, 0.1) is 0 Å². The molecule has 0 saturated carbocycles. The zero-order chi connectivity index (χ0) is 41.5. The Hall–Kier alpha value is -8.20. The minimum absolute atomic E-state index is 0.471. The van der Waals surface area contributed by atoms with E-state index in [1.54, 1.807) is 0 Å². The van der Waals surface area contributed by atoms with Crippen molar-refractivity contribution in [2.24, 2.45) is 0 Å². The summed E-state index contributed by atoms with van der Waals surface area (Å²) < 4.78 is 4.97. The molecule has 2 heteroatoms. The van der Waals surface area contributed by atoms with Crippen LogP contribution in [0.2, 0.25) is 0 Å². The first-order valence-electron chi connectivity index (χ1n) is 21.9. The van der Waals surface area contributed by atoms with Crippen LogP contribution in [0.3, 0.4) is 0 Å². The van der Waals surface area contributed by atoms with Crippen LogP contribution in [0.1, 0.15) is 22.3 Å². The SMILES string of the molecule is c1ccc(-c2cccc(-c3ccccc3)c2-n2c3ccccc3c3cc(-n4c5ccccc5c5cc(C6(c7ccccc7)c7ccccc7-c7ccccc76)ccc54)ccc32)cc1. The Labute approximate surface area is 366 Å². The van der Waals surface area contributed by atoms with Crippen molar-refractivity contribution in [2.45, 2.75) is 5.41 Å². The topological polar surface area (TPSA) is 9.86 Å². The van der Waals surface area contributed by atoms with E-state index in [1.807, 2.05) is 0 Å². The Balaban J connectivity index is 1.06. The summed E-state index contributed by atoms with van der Waals surface area (Å²) in [5, 5.41) is 4.92. The minimum atomic E-state index is -0.471. The van der Waals surface area contributed by atoms with Gasteiger partial charge in [0, 0.05) is 38.4 Å². The summed E-state index contributed by atoms with van der Waals surface area (Å²) in [7, 11) is 0. The second-order valence-corrected chi connectivity index (χ2v) is 16.8. The summed E-state index contributed by atoms with van der Waals surface area (Å²) in [5.41, 5.74) is 19.1. The quantitative estimate of drug-likeness (QED) is 0.159. The molecule has 0 N–H and O–H groups in total. The highest BCUT2D eigenvalue weighted by Crippen LogP contribution is 2.56. The van der Waals surface area contributed by atoms with Gasteiger partial charge in [-0.1, -0.05) is 200 Å². The molecule has 12 aromatic rings. The van der Waals surface area contributed by atoms with Crippen molar-refractivity contribution < 1.29 is 0 Å². The van der Waals surface area contributed by atoms with Gasteiger partial charge in [0.05, 0.1) is 33.2 Å². The average molecular weight is 801 g/mol. The predicted molar refractivity (Wildman–Crippen MR) is 263 cm³/mol. The van der Waals surface area contributed by atoms with E-state index in [0.717, 1.165) is 5.69 Å². The Bertz CT molecular complexity index is 3620. The lowest BCUT2D eigenvalue weighted by Gasteiger charge is -2.34. The first-order chi connectivity index (χ1) is 31.3. The molecule has 0 fully saturated rings. The third kappa shape index (κ3) is 5.13. The molecule has 0 spiro atoms. The van der Waals surface area contributed by atoms with Gasteiger partial charge in [-0.15, -0.1) is 0 Å². The Morgan fingerprint density at radius 3 is 1.33 bits per heavy atom. The zero-order valence-corrected chi connectivity index (χ0v) is 34.5. The Kier molecular flexibility index (Phi) is 7.85. The zero-order valence-electron chi connectivity index (χ0n) is 34.5. The van der Waals surface area contributed by atoms with Gasteiger partial charge in [0.1, 0.15) is 0 Å². The van der Waals surface area contributed by atoms with E-state index in [9.17, 15) is 0 Å². The van der Waals surface area contributed by atoms with Gasteiger partial charge < -0.3 is 9.13 Å². The molecule has 13 rings (SSSR count). The van der Waals surface area contributed by atoms with E-state index >= 15 is 0 Å². The molecule has 0 amide bonds. The standard InChI is InChI=1S/C61H40N2/c1-4-19-41(20-5-1)46-29-18-30-47(42-21-6-2-7-22-42)60(46)63-57-34-17-13-28-51(57)53-40-45(36-38-59(53)63)62-56-33-16-12-27-50(56)52-39-44(35-37-58(52)62)61(43-23-8-3-9-24-43)54-31-14-10-25-48(54)49-26-11-15-32-55(49)61/h1-40H. The van der Waals surface area contributed by atoms with Crippen LogP contribution >= 0.6 is 0 Å². The highest BCUT2D eigenvalue weighted by atomic mass is 15.0. The van der Waals surface area contributed by atoms with Gasteiger partial charge >= 0.3 is 0 Å². The molecule has 2 nitrogen and oxygen atoms in total. The maximum absolute atomic E-state index is 2.50. The van der Waals surface area contributed by atoms with Gasteiger partial charge in [-0.05, 0) is 87.0 Å². The number of hydrogen-bond donors (Lipinski definition) is 0. The van der Waals surface area contributed by atoms with Crippen molar-refractivity contribution in [3.05, 3.63) is 265 Å². The summed E-state index contributed by atoms with van der Waals surface area (Å²) in [6.07, 6.45) is 0. The number of nitrogens with zero attached hydrogens (tertiary/aromatic N) is 2. The fourth-order valence-corrected chi connectivity index (χ4v) is 11.0. The summed E-state index contributed by atoms with van der Waals surface area (Å²) in [6, 6.07) is 89.5. The van der Waals surface area contributed by atoms with Gasteiger partial charge in [-0.2, -0.15) is 0 Å². The van der Waals surface area contributed by atoms with Crippen LogP contribution in [-0.2, 0) is 5.41 Å². The second-order valence-electron chi connectivity index (χ2n) is 16.8. The van der Waals surface area contributed by atoms with Crippen molar-refractivity contribution in [1.82, 2.24) is 9.13 Å². The molecular formula is C61H40N2. The van der Waals surface area contributed by atoms with Crippen LogP contribution in [0.5, 0.6) is 0 Å². The molecule has 0 aliphatic heterocycles. The van der Waals surface area contributed by atoms with E-state index in [4.69, 9.17) is 0 Å². The monoisotopic (exact) mass is 800 g/mol. The van der Waals surface area contributed by atoms with Crippen molar-refractivity contribution in [2.75, 3.05) is 0 Å². The van der Waals surface area contributed by atoms with Crippen LogP contribution in [-0.4, -0.2) is 9.13 Å². The lowest BCUT2D eigenvalue weighted by molar-refractivity contribution is 0.770. The largest absolute Gasteiger partial charge is 0.309 e. The lowest BCUT2D eigenvalue weighted by Crippen LogP contribution is -2.28. The highest BCUT2D eigenvalue weighted by molar-refractivity contribution is 6.13. The van der Waals surface area contributed by atoms with Crippen LogP contribution in [0.15, 0.2) is 243 Å². The normalized spacial score (nSPS) is 12.9. The summed E-state index contributed by atoms with van der Waals surface area (Å²) in [5.74, 6) is 0. The third-order valence-electron chi connectivity index (χ3n) is 13.6. The molecule has 0 radical (unpaired) electrons. The van der Waals surface area contributed by atoms with Crippen LogP contribution < -0.4 is 0 Å². The van der Waals surface area contributed by atoms with Crippen LogP contribution in [0.4, 0.5) is 0 Å². The third-order valence-corrected chi connectivity index (χ3v) is 13.6. The van der Waals surface area contributed by atoms with Gasteiger partial charge in [-0.25, -0.2) is 0 Å². The molecule has 1 aliphatic rings. The number of fused-ring (bicyclic) bond motifs is 9. The maximum atomic E-state index is 2.50. The molecular weight excluding hydrogens is 761 g/mol. The number of para-hydroxylation sites is 3. The highest BCUT2D eigenvalue weighted by Gasteiger charge is 2.46. The van der Waals surface area contributed by atoms with Gasteiger partial charge in [-0.3, -0.25) is 0 Å². The molecule has 1 aliphatic carbocycles.